The maximum absolute atomic E-state index is 5.48. The first-order chi connectivity index (χ1) is 6.37. The number of aromatic nitrogens is 1. The fraction of sp³-hybridized carbons (Fsp3) is 0.727. The summed E-state index contributed by atoms with van der Waals surface area (Å²) in [4.78, 5) is 0. The molecule has 0 spiro atoms. The van der Waals surface area contributed by atoms with Crippen LogP contribution in [0.5, 0.6) is 0 Å². The standard InChI is InChI=1S/C11H20N2O/c1-8(7-11(2,3)4)5-9-6-10(12)13-14-9/h6,8H,5,7H2,1-4H3,(H2,12,13). The summed E-state index contributed by atoms with van der Waals surface area (Å²) in [6.45, 7) is 8.97. The van der Waals surface area contributed by atoms with Gasteiger partial charge in [-0.25, -0.2) is 0 Å². The van der Waals surface area contributed by atoms with E-state index >= 15 is 0 Å². The van der Waals surface area contributed by atoms with Crippen molar-refractivity contribution in [3.63, 3.8) is 0 Å². The monoisotopic (exact) mass is 196 g/mol. The Bertz CT molecular complexity index is 286. The van der Waals surface area contributed by atoms with E-state index in [9.17, 15) is 0 Å². The molecule has 3 heteroatoms. The summed E-state index contributed by atoms with van der Waals surface area (Å²) < 4.78 is 5.07. The SMILES string of the molecule is CC(Cc1cc(N)no1)CC(C)(C)C. The van der Waals surface area contributed by atoms with E-state index in [1.165, 1.54) is 6.42 Å². The van der Waals surface area contributed by atoms with Crippen molar-refractivity contribution >= 4 is 5.82 Å². The molecule has 0 fully saturated rings. The van der Waals surface area contributed by atoms with Crippen LogP contribution in [-0.2, 0) is 6.42 Å². The zero-order chi connectivity index (χ0) is 10.8. The highest BCUT2D eigenvalue weighted by atomic mass is 16.5. The third kappa shape index (κ3) is 3.81. The number of nitrogens with two attached hydrogens (primary N) is 1. The van der Waals surface area contributed by atoms with Crippen molar-refractivity contribution in [2.24, 2.45) is 11.3 Å². The second kappa shape index (κ2) is 4.03. The van der Waals surface area contributed by atoms with Crippen LogP contribution in [0.1, 0.15) is 39.9 Å². The van der Waals surface area contributed by atoms with Crippen LogP contribution in [0.15, 0.2) is 10.6 Å². The molecule has 1 aromatic heterocycles. The van der Waals surface area contributed by atoms with Crippen LogP contribution < -0.4 is 5.73 Å². The summed E-state index contributed by atoms with van der Waals surface area (Å²) >= 11 is 0. The Labute approximate surface area is 85.7 Å². The Morgan fingerprint density at radius 3 is 2.57 bits per heavy atom. The molecule has 1 heterocycles. The van der Waals surface area contributed by atoms with Gasteiger partial charge in [0.15, 0.2) is 5.82 Å². The molecule has 2 N–H and O–H groups in total. The first-order valence-corrected chi connectivity index (χ1v) is 5.08. The van der Waals surface area contributed by atoms with Gasteiger partial charge in [0.05, 0.1) is 0 Å². The molecule has 0 saturated carbocycles. The molecule has 0 aromatic carbocycles. The average molecular weight is 196 g/mol. The lowest BCUT2D eigenvalue weighted by Crippen LogP contribution is -2.12. The summed E-state index contributed by atoms with van der Waals surface area (Å²) in [6, 6.07) is 1.80. The lowest BCUT2D eigenvalue weighted by molar-refractivity contribution is 0.286. The Hall–Kier alpha value is -0.990. The summed E-state index contributed by atoms with van der Waals surface area (Å²) in [5.74, 6) is 1.96. The van der Waals surface area contributed by atoms with Gasteiger partial charge in [-0.1, -0.05) is 32.9 Å². The van der Waals surface area contributed by atoms with Gasteiger partial charge in [-0.05, 0) is 17.8 Å². The van der Waals surface area contributed by atoms with Crippen LogP contribution in [0, 0.1) is 11.3 Å². The van der Waals surface area contributed by atoms with Gasteiger partial charge in [-0.15, -0.1) is 0 Å². The second-order valence-electron chi connectivity index (χ2n) is 5.29. The Morgan fingerprint density at radius 1 is 1.50 bits per heavy atom. The van der Waals surface area contributed by atoms with Crippen LogP contribution in [0.25, 0.3) is 0 Å². The van der Waals surface area contributed by atoms with Crippen molar-refractivity contribution in [1.82, 2.24) is 5.16 Å². The van der Waals surface area contributed by atoms with E-state index in [1.54, 1.807) is 6.07 Å². The molecule has 0 radical (unpaired) electrons. The summed E-state index contributed by atoms with van der Waals surface area (Å²) in [5, 5.41) is 3.67. The zero-order valence-electron chi connectivity index (χ0n) is 9.50. The average Bonchev–Trinajstić information content (AvgIpc) is 2.30. The third-order valence-corrected chi connectivity index (χ3v) is 2.09. The highest BCUT2D eigenvalue weighted by Gasteiger charge is 2.16. The van der Waals surface area contributed by atoms with E-state index in [0.29, 0.717) is 17.2 Å². The lowest BCUT2D eigenvalue weighted by atomic mass is 9.84. The number of hydrogen-bond donors (Lipinski definition) is 1. The first-order valence-electron chi connectivity index (χ1n) is 5.08. The van der Waals surface area contributed by atoms with Crippen LogP contribution in [0.2, 0.25) is 0 Å². The molecule has 0 amide bonds. The maximum atomic E-state index is 5.48. The predicted molar refractivity (Wildman–Crippen MR) is 57.9 cm³/mol. The number of nitrogen functional groups attached to an aromatic ring is 1. The van der Waals surface area contributed by atoms with Gasteiger partial charge < -0.3 is 10.3 Å². The van der Waals surface area contributed by atoms with Crippen LogP contribution in [0.4, 0.5) is 5.82 Å². The molecule has 1 unspecified atom stereocenters. The number of hydrogen-bond acceptors (Lipinski definition) is 3. The summed E-state index contributed by atoms with van der Waals surface area (Å²) in [7, 11) is 0. The molecule has 80 valence electrons. The zero-order valence-corrected chi connectivity index (χ0v) is 9.50. The Kier molecular flexibility index (Phi) is 3.19. The number of rotatable bonds is 3. The fourth-order valence-electron chi connectivity index (χ4n) is 1.89. The normalized spacial score (nSPS) is 14.3. The van der Waals surface area contributed by atoms with Crippen molar-refractivity contribution in [1.29, 1.82) is 0 Å². The quantitative estimate of drug-likeness (QED) is 0.808. The van der Waals surface area contributed by atoms with E-state index in [4.69, 9.17) is 10.3 Å². The topological polar surface area (TPSA) is 52.0 Å². The van der Waals surface area contributed by atoms with Gasteiger partial charge in [0.1, 0.15) is 5.76 Å². The Balaban J connectivity index is 2.45. The van der Waals surface area contributed by atoms with Crippen molar-refractivity contribution < 1.29 is 4.52 Å². The predicted octanol–water partition coefficient (Wildman–Crippen LogP) is 2.87. The fourth-order valence-corrected chi connectivity index (χ4v) is 1.89. The molecular weight excluding hydrogens is 176 g/mol. The first kappa shape index (κ1) is 11.1. The molecule has 0 aliphatic heterocycles. The minimum absolute atomic E-state index is 0.366. The molecule has 0 saturated heterocycles. The van der Waals surface area contributed by atoms with E-state index in [1.807, 2.05) is 0 Å². The highest BCUT2D eigenvalue weighted by molar-refractivity contribution is 5.26. The molecule has 0 bridgehead atoms. The summed E-state index contributed by atoms with van der Waals surface area (Å²) in [6.07, 6.45) is 2.09. The van der Waals surface area contributed by atoms with Crippen LogP contribution >= 0.6 is 0 Å². The highest BCUT2D eigenvalue weighted by Crippen LogP contribution is 2.26. The molecular formula is C11H20N2O. The van der Waals surface area contributed by atoms with Gasteiger partial charge in [-0.3, -0.25) is 0 Å². The smallest absolute Gasteiger partial charge is 0.167 e. The van der Waals surface area contributed by atoms with Crippen molar-refractivity contribution in [3.8, 4) is 0 Å². The van der Waals surface area contributed by atoms with Gasteiger partial charge >= 0.3 is 0 Å². The number of nitrogens with zero attached hydrogens (tertiary/aromatic N) is 1. The largest absolute Gasteiger partial charge is 0.381 e. The van der Waals surface area contributed by atoms with Gasteiger partial charge in [-0.2, -0.15) is 0 Å². The van der Waals surface area contributed by atoms with Gasteiger partial charge in [0, 0.05) is 12.5 Å². The van der Waals surface area contributed by atoms with Crippen molar-refractivity contribution in [2.75, 3.05) is 5.73 Å². The molecule has 0 aliphatic rings. The number of anilines is 1. The molecule has 1 aromatic rings. The summed E-state index contributed by atoms with van der Waals surface area (Å²) in [5.41, 5.74) is 5.84. The van der Waals surface area contributed by atoms with Crippen molar-refractivity contribution in [2.45, 2.75) is 40.5 Å². The van der Waals surface area contributed by atoms with Crippen molar-refractivity contribution in [3.05, 3.63) is 11.8 Å². The molecule has 0 aliphatic carbocycles. The van der Waals surface area contributed by atoms with E-state index in [-0.39, 0.29) is 0 Å². The minimum atomic E-state index is 0.366. The molecule has 1 rings (SSSR count). The van der Waals surface area contributed by atoms with E-state index < -0.39 is 0 Å². The second-order valence-corrected chi connectivity index (χ2v) is 5.29. The van der Waals surface area contributed by atoms with E-state index in [2.05, 4.69) is 32.9 Å². The molecule has 1 atom stereocenters. The van der Waals surface area contributed by atoms with Crippen LogP contribution in [0.3, 0.4) is 0 Å². The van der Waals surface area contributed by atoms with E-state index in [0.717, 1.165) is 12.2 Å². The van der Waals surface area contributed by atoms with Gasteiger partial charge in [0.2, 0.25) is 0 Å². The lowest BCUT2D eigenvalue weighted by Gasteiger charge is -2.22. The maximum Gasteiger partial charge on any atom is 0.167 e. The minimum Gasteiger partial charge on any atom is -0.381 e. The molecule has 14 heavy (non-hydrogen) atoms. The Morgan fingerprint density at radius 2 is 2.14 bits per heavy atom. The molecule has 3 nitrogen and oxygen atoms in total. The van der Waals surface area contributed by atoms with Gasteiger partial charge in [0.25, 0.3) is 0 Å². The third-order valence-electron chi connectivity index (χ3n) is 2.09. The van der Waals surface area contributed by atoms with Crippen LogP contribution in [-0.4, -0.2) is 5.16 Å².